The molecule has 2 amide bonds. The van der Waals surface area contributed by atoms with Crippen LogP contribution in [0.25, 0.3) is 0 Å². The van der Waals surface area contributed by atoms with Crippen molar-refractivity contribution >= 4 is 11.8 Å². The summed E-state index contributed by atoms with van der Waals surface area (Å²) in [5.41, 5.74) is 1.01. The Morgan fingerprint density at radius 2 is 1.70 bits per heavy atom. The first-order chi connectivity index (χ1) is 9.69. The fraction of sp³-hybridized carbons (Fsp3) is 0.467. The topological polar surface area (TPSA) is 62.1 Å². The molecule has 0 saturated heterocycles. The lowest BCUT2D eigenvalue weighted by Gasteiger charge is -2.18. The molecule has 1 atom stereocenters. The van der Waals surface area contributed by atoms with E-state index in [1.165, 1.54) is 9.80 Å². The van der Waals surface area contributed by atoms with E-state index in [2.05, 4.69) is 6.92 Å². The van der Waals surface area contributed by atoms with Crippen molar-refractivity contribution < 1.29 is 19.6 Å². The molecule has 5 heteroatoms. The lowest BCUT2D eigenvalue weighted by Crippen LogP contribution is -3.12. The Labute approximate surface area is 118 Å². The monoisotopic (exact) mass is 277 g/mol. The summed E-state index contributed by atoms with van der Waals surface area (Å²) in [5.74, 6) is -0.378. The molecule has 0 aromatic heterocycles. The number of quaternary nitrogens is 1. The second kappa shape index (κ2) is 6.63. The maximum Gasteiger partial charge on any atom is 0.261 e. The van der Waals surface area contributed by atoms with Crippen LogP contribution in [-0.4, -0.2) is 54.6 Å². The SMILES string of the molecule is CC[NH+](CCO)CCCN1C(=O)c2ccccc2C1=O. The van der Waals surface area contributed by atoms with Gasteiger partial charge in [-0.05, 0) is 19.1 Å². The third kappa shape index (κ3) is 2.89. The molecule has 5 nitrogen and oxygen atoms in total. The summed E-state index contributed by atoms with van der Waals surface area (Å²) < 4.78 is 0. The third-order valence-corrected chi connectivity index (χ3v) is 3.76. The second-order valence-corrected chi connectivity index (χ2v) is 4.99. The van der Waals surface area contributed by atoms with Crippen molar-refractivity contribution in [2.24, 2.45) is 0 Å². The molecule has 0 saturated carbocycles. The molecule has 0 spiro atoms. The van der Waals surface area contributed by atoms with Gasteiger partial charge in [0.2, 0.25) is 0 Å². The molecule has 0 fully saturated rings. The first kappa shape index (κ1) is 14.7. The number of hydrogen-bond acceptors (Lipinski definition) is 3. The standard InChI is InChI=1S/C15H20N2O3/c1-2-16(10-11-18)8-5-9-17-14(19)12-6-3-4-7-13(12)15(17)20/h3-4,6-7,18H,2,5,8-11H2,1H3/p+1. The van der Waals surface area contributed by atoms with E-state index in [9.17, 15) is 9.59 Å². The van der Waals surface area contributed by atoms with Crippen molar-refractivity contribution in [3.63, 3.8) is 0 Å². The molecule has 108 valence electrons. The van der Waals surface area contributed by atoms with Crippen LogP contribution < -0.4 is 4.90 Å². The van der Waals surface area contributed by atoms with Crippen LogP contribution in [0.3, 0.4) is 0 Å². The van der Waals surface area contributed by atoms with Gasteiger partial charge < -0.3 is 10.0 Å². The smallest absolute Gasteiger partial charge is 0.261 e. The highest BCUT2D eigenvalue weighted by atomic mass is 16.3. The molecule has 0 radical (unpaired) electrons. The predicted molar refractivity (Wildman–Crippen MR) is 74.7 cm³/mol. The molecule has 0 aliphatic carbocycles. The van der Waals surface area contributed by atoms with E-state index in [4.69, 9.17) is 5.11 Å². The quantitative estimate of drug-likeness (QED) is 0.665. The summed E-state index contributed by atoms with van der Waals surface area (Å²) in [5, 5.41) is 8.94. The van der Waals surface area contributed by atoms with Gasteiger partial charge in [0, 0.05) is 13.0 Å². The molecule has 1 aromatic rings. The van der Waals surface area contributed by atoms with Crippen LogP contribution in [-0.2, 0) is 0 Å². The average molecular weight is 277 g/mol. The van der Waals surface area contributed by atoms with E-state index in [-0.39, 0.29) is 18.4 Å². The van der Waals surface area contributed by atoms with Gasteiger partial charge in [0.1, 0.15) is 6.54 Å². The number of rotatable bonds is 7. The van der Waals surface area contributed by atoms with Crippen molar-refractivity contribution in [2.45, 2.75) is 13.3 Å². The number of carbonyl (C=O) groups excluding carboxylic acids is 2. The van der Waals surface area contributed by atoms with Crippen LogP contribution in [0.15, 0.2) is 24.3 Å². The minimum Gasteiger partial charge on any atom is -0.391 e. The molecule has 2 N–H and O–H groups in total. The van der Waals surface area contributed by atoms with Crippen molar-refractivity contribution in [3.05, 3.63) is 35.4 Å². The maximum atomic E-state index is 12.1. The van der Waals surface area contributed by atoms with Gasteiger partial charge in [-0.15, -0.1) is 0 Å². The highest BCUT2D eigenvalue weighted by molar-refractivity contribution is 6.21. The Morgan fingerprint density at radius 1 is 1.10 bits per heavy atom. The van der Waals surface area contributed by atoms with Crippen LogP contribution in [0.2, 0.25) is 0 Å². The molecule has 1 unspecified atom stereocenters. The summed E-state index contributed by atoms with van der Waals surface area (Å²) in [4.78, 5) is 26.9. The summed E-state index contributed by atoms with van der Waals surface area (Å²) in [6.45, 7) is 5.16. The Morgan fingerprint density at radius 3 is 2.20 bits per heavy atom. The minimum absolute atomic E-state index is 0.163. The minimum atomic E-state index is -0.189. The molecule has 0 bridgehead atoms. The Hall–Kier alpha value is -1.72. The summed E-state index contributed by atoms with van der Waals surface area (Å²) in [6, 6.07) is 6.95. The zero-order valence-electron chi connectivity index (χ0n) is 11.8. The van der Waals surface area contributed by atoms with Gasteiger partial charge in [0.05, 0.1) is 30.8 Å². The van der Waals surface area contributed by atoms with Gasteiger partial charge >= 0.3 is 0 Å². The number of hydrogen-bond donors (Lipinski definition) is 2. The van der Waals surface area contributed by atoms with Crippen molar-refractivity contribution in [1.29, 1.82) is 0 Å². The largest absolute Gasteiger partial charge is 0.391 e. The van der Waals surface area contributed by atoms with E-state index in [1.54, 1.807) is 24.3 Å². The van der Waals surface area contributed by atoms with Gasteiger partial charge in [-0.2, -0.15) is 0 Å². The Balaban J connectivity index is 1.92. The Bertz CT molecular complexity index is 467. The third-order valence-electron chi connectivity index (χ3n) is 3.76. The number of aliphatic hydroxyl groups excluding tert-OH is 1. The fourth-order valence-electron chi connectivity index (χ4n) is 2.57. The van der Waals surface area contributed by atoms with Crippen LogP contribution in [0.1, 0.15) is 34.1 Å². The number of amides is 2. The molecule has 2 rings (SSSR count). The fourth-order valence-corrected chi connectivity index (χ4v) is 2.57. The highest BCUT2D eigenvalue weighted by Crippen LogP contribution is 2.22. The van der Waals surface area contributed by atoms with Crippen molar-refractivity contribution in [2.75, 3.05) is 32.8 Å². The second-order valence-electron chi connectivity index (χ2n) is 4.99. The van der Waals surface area contributed by atoms with E-state index in [0.29, 0.717) is 24.2 Å². The van der Waals surface area contributed by atoms with E-state index < -0.39 is 0 Å². The molecule has 1 aliphatic heterocycles. The number of imide groups is 1. The number of nitrogens with one attached hydrogen (secondary N) is 1. The van der Waals surface area contributed by atoms with E-state index in [1.807, 2.05) is 0 Å². The van der Waals surface area contributed by atoms with E-state index in [0.717, 1.165) is 19.5 Å². The van der Waals surface area contributed by atoms with Crippen LogP contribution in [0.5, 0.6) is 0 Å². The zero-order valence-corrected chi connectivity index (χ0v) is 11.8. The number of likely N-dealkylation sites (N-methyl/N-ethyl adjacent to an activating group) is 1. The van der Waals surface area contributed by atoms with Gasteiger partial charge in [-0.25, -0.2) is 0 Å². The maximum absolute atomic E-state index is 12.1. The van der Waals surface area contributed by atoms with Gasteiger partial charge in [0.15, 0.2) is 0 Å². The lowest BCUT2D eigenvalue weighted by atomic mass is 10.1. The highest BCUT2D eigenvalue weighted by Gasteiger charge is 2.34. The number of fused-ring (bicyclic) bond motifs is 1. The van der Waals surface area contributed by atoms with Crippen LogP contribution in [0.4, 0.5) is 0 Å². The molecule has 20 heavy (non-hydrogen) atoms. The molecular weight excluding hydrogens is 256 g/mol. The number of aliphatic hydroxyl groups is 1. The van der Waals surface area contributed by atoms with Gasteiger partial charge in [-0.3, -0.25) is 14.5 Å². The first-order valence-corrected chi connectivity index (χ1v) is 7.08. The van der Waals surface area contributed by atoms with E-state index >= 15 is 0 Å². The normalized spacial score (nSPS) is 15.6. The molecule has 1 aromatic carbocycles. The summed E-state index contributed by atoms with van der Waals surface area (Å²) in [7, 11) is 0. The number of benzene rings is 1. The van der Waals surface area contributed by atoms with Crippen molar-refractivity contribution in [3.8, 4) is 0 Å². The molecular formula is C15H21N2O3+. The van der Waals surface area contributed by atoms with Gasteiger partial charge in [0.25, 0.3) is 11.8 Å². The van der Waals surface area contributed by atoms with Crippen molar-refractivity contribution in [1.82, 2.24) is 4.90 Å². The van der Waals surface area contributed by atoms with Crippen LogP contribution >= 0.6 is 0 Å². The first-order valence-electron chi connectivity index (χ1n) is 7.08. The average Bonchev–Trinajstić information content (AvgIpc) is 2.71. The number of nitrogens with zero attached hydrogens (tertiary/aromatic N) is 1. The zero-order chi connectivity index (χ0) is 14.5. The Kier molecular flexibility index (Phi) is 4.87. The van der Waals surface area contributed by atoms with Crippen LogP contribution in [0, 0.1) is 0 Å². The lowest BCUT2D eigenvalue weighted by molar-refractivity contribution is -0.898. The summed E-state index contributed by atoms with van der Waals surface area (Å²) in [6.07, 6.45) is 0.759. The molecule has 1 aliphatic rings. The number of carbonyl (C=O) groups is 2. The summed E-state index contributed by atoms with van der Waals surface area (Å²) >= 11 is 0. The molecule has 1 heterocycles. The van der Waals surface area contributed by atoms with Gasteiger partial charge in [-0.1, -0.05) is 12.1 Å². The predicted octanol–water partition coefficient (Wildman–Crippen LogP) is -0.430.